The number of ether oxygens (including phenoxy) is 2. The minimum Gasteiger partial charge on any atom is -0.465 e. The first kappa shape index (κ1) is 15.8. The van der Waals surface area contributed by atoms with Gasteiger partial charge in [0.05, 0.1) is 25.4 Å². The van der Waals surface area contributed by atoms with Crippen molar-refractivity contribution >= 4 is 22.9 Å². The smallest absolute Gasteiger partial charge is 0.337 e. The second kappa shape index (κ2) is 6.58. The summed E-state index contributed by atoms with van der Waals surface area (Å²) in [6.07, 6.45) is 1.68. The van der Waals surface area contributed by atoms with Crippen LogP contribution in [0.2, 0.25) is 0 Å². The summed E-state index contributed by atoms with van der Waals surface area (Å²) in [5.74, 6) is -0.463. The summed E-state index contributed by atoms with van der Waals surface area (Å²) >= 11 is 0. The molecule has 5 nitrogen and oxygen atoms in total. The lowest BCUT2D eigenvalue weighted by atomic mass is 10.1. The van der Waals surface area contributed by atoms with E-state index in [4.69, 9.17) is 9.15 Å². The number of methoxy groups -OCH3 is 1. The highest BCUT2D eigenvalue weighted by atomic mass is 16.5. The van der Waals surface area contributed by atoms with E-state index in [1.165, 1.54) is 7.11 Å². The maximum absolute atomic E-state index is 12.1. The van der Waals surface area contributed by atoms with Crippen LogP contribution < -0.4 is 4.74 Å². The highest BCUT2D eigenvalue weighted by molar-refractivity contribution is 5.89. The first-order valence-corrected chi connectivity index (χ1v) is 7.42. The Bertz CT molecular complexity index is 890. The maximum atomic E-state index is 12.1. The molecule has 1 aromatic heterocycles. The van der Waals surface area contributed by atoms with Gasteiger partial charge in [-0.15, -0.1) is 0 Å². The Labute approximate surface area is 138 Å². The third-order valence-corrected chi connectivity index (χ3v) is 3.65. The van der Waals surface area contributed by atoms with Gasteiger partial charge in [0.2, 0.25) is 0 Å². The minimum atomic E-state index is -0.437. The van der Waals surface area contributed by atoms with Crippen molar-refractivity contribution in [1.82, 2.24) is 0 Å². The molecule has 1 heterocycles. The molecule has 0 saturated carbocycles. The van der Waals surface area contributed by atoms with E-state index in [0.29, 0.717) is 11.3 Å². The molecule has 0 N–H and O–H groups in total. The number of carbonyl (C=O) groups is 2. The molecule has 0 aliphatic heterocycles. The molecule has 0 aliphatic rings. The van der Waals surface area contributed by atoms with Gasteiger partial charge < -0.3 is 13.9 Å². The largest absolute Gasteiger partial charge is 0.465 e. The van der Waals surface area contributed by atoms with Crippen molar-refractivity contribution in [3.63, 3.8) is 0 Å². The van der Waals surface area contributed by atoms with Crippen LogP contribution in [0.4, 0.5) is 0 Å². The summed E-state index contributed by atoms with van der Waals surface area (Å²) in [7, 11) is 1.31. The summed E-state index contributed by atoms with van der Waals surface area (Å²) in [6, 6.07) is 12.0. The van der Waals surface area contributed by atoms with E-state index in [2.05, 4.69) is 4.74 Å². The molecule has 0 fully saturated rings. The average Bonchev–Trinajstić information content (AvgIpc) is 2.97. The monoisotopic (exact) mass is 324 g/mol. The van der Waals surface area contributed by atoms with E-state index >= 15 is 0 Å². The number of hydrogen-bond donors (Lipinski definition) is 0. The van der Waals surface area contributed by atoms with Crippen LogP contribution in [0.25, 0.3) is 11.0 Å². The molecule has 0 aliphatic carbocycles. The van der Waals surface area contributed by atoms with Gasteiger partial charge >= 0.3 is 11.9 Å². The van der Waals surface area contributed by atoms with Crippen molar-refractivity contribution in [2.45, 2.75) is 13.3 Å². The molecular formula is C19H16O5. The maximum Gasteiger partial charge on any atom is 0.337 e. The van der Waals surface area contributed by atoms with Crippen molar-refractivity contribution in [1.29, 1.82) is 0 Å². The number of furan rings is 1. The predicted molar refractivity (Wildman–Crippen MR) is 88.1 cm³/mol. The molecule has 0 saturated heterocycles. The van der Waals surface area contributed by atoms with Crippen LogP contribution >= 0.6 is 0 Å². The van der Waals surface area contributed by atoms with Gasteiger partial charge in [-0.25, -0.2) is 4.79 Å². The normalized spacial score (nSPS) is 10.6. The Morgan fingerprint density at radius 3 is 2.54 bits per heavy atom. The Morgan fingerprint density at radius 2 is 1.83 bits per heavy atom. The summed E-state index contributed by atoms with van der Waals surface area (Å²) in [4.78, 5) is 23.5. The molecule has 0 radical (unpaired) electrons. The number of fused-ring (bicyclic) bond motifs is 1. The van der Waals surface area contributed by atoms with Gasteiger partial charge in [-0.1, -0.05) is 11.6 Å². The topological polar surface area (TPSA) is 65.7 Å². The first-order valence-electron chi connectivity index (χ1n) is 7.42. The van der Waals surface area contributed by atoms with E-state index in [1.807, 2.05) is 25.1 Å². The van der Waals surface area contributed by atoms with Crippen molar-refractivity contribution in [3.05, 3.63) is 65.4 Å². The fourth-order valence-corrected chi connectivity index (χ4v) is 2.43. The summed E-state index contributed by atoms with van der Waals surface area (Å²) in [5.41, 5.74) is 3.02. The number of rotatable bonds is 4. The number of benzene rings is 2. The van der Waals surface area contributed by atoms with Crippen molar-refractivity contribution in [2.75, 3.05) is 7.11 Å². The van der Waals surface area contributed by atoms with Gasteiger partial charge in [0.1, 0.15) is 11.3 Å². The number of carbonyl (C=O) groups excluding carboxylic acids is 2. The van der Waals surface area contributed by atoms with Crippen LogP contribution in [0, 0.1) is 6.92 Å². The van der Waals surface area contributed by atoms with Gasteiger partial charge in [0.25, 0.3) is 0 Å². The van der Waals surface area contributed by atoms with E-state index in [1.54, 1.807) is 30.5 Å². The molecule has 0 bridgehead atoms. The van der Waals surface area contributed by atoms with Crippen molar-refractivity contribution in [2.24, 2.45) is 0 Å². The summed E-state index contributed by atoms with van der Waals surface area (Å²) < 4.78 is 15.4. The summed E-state index contributed by atoms with van der Waals surface area (Å²) in [5, 5.41) is 0.910. The van der Waals surface area contributed by atoms with E-state index < -0.39 is 11.9 Å². The number of aryl methyl sites for hydroxylation is 1. The predicted octanol–water partition coefficient (Wildman–Crippen LogP) is 3.68. The Kier molecular flexibility index (Phi) is 4.33. The van der Waals surface area contributed by atoms with Crippen molar-refractivity contribution < 1.29 is 23.5 Å². The molecule has 5 heteroatoms. The zero-order valence-electron chi connectivity index (χ0n) is 13.4. The molecule has 24 heavy (non-hydrogen) atoms. The standard InChI is InChI=1S/C19H16O5/c1-12-3-8-17-16(9-12)14(11-23-17)10-18(20)24-15-6-4-13(5-7-15)19(21)22-2/h3-9,11H,10H2,1-2H3. The molecular weight excluding hydrogens is 308 g/mol. The second-order valence-corrected chi connectivity index (χ2v) is 5.43. The molecule has 0 atom stereocenters. The fourth-order valence-electron chi connectivity index (χ4n) is 2.43. The number of hydrogen-bond acceptors (Lipinski definition) is 5. The third-order valence-electron chi connectivity index (χ3n) is 3.65. The lowest BCUT2D eigenvalue weighted by Crippen LogP contribution is -2.11. The quantitative estimate of drug-likeness (QED) is 0.541. The van der Waals surface area contributed by atoms with Crippen LogP contribution in [0.3, 0.4) is 0 Å². The molecule has 0 amide bonds. The van der Waals surface area contributed by atoms with Gasteiger partial charge in [-0.3, -0.25) is 4.79 Å². The Hall–Kier alpha value is -3.08. The van der Waals surface area contributed by atoms with Crippen LogP contribution in [-0.2, 0) is 16.0 Å². The van der Waals surface area contributed by atoms with Crippen LogP contribution in [0.5, 0.6) is 5.75 Å². The minimum absolute atomic E-state index is 0.106. The lowest BCUT2D eigenvalue weighted by Gasteiger charge is -2.05. The Balaban J connectivity index is 1.71. The highest BCUT2D eigenvalue weighted by Crippen LogP contribution is 2.23. The van der Waals surface area contributed by atoms with Gasteiger partial charge in [-0.2, -0.15) is 0 Å². The first-order chi connectivity index (χ1) is 11.6. The molecule has 2 aromatic carbocycles. The fraction of sp³-hybridized carbons (Fsp3) is 0.158. The van der Waals surface area contributed by atoms with E-state index in [-0.39, 0.29) is 6.42 Å². The van der Waals surface area contributed by atoms with E-state index in [9.17, 15) is 9.59 Å². The third kappa shape index (κ3) is 3.30. The highest BCUT2D eigenvalue weighted by Gasteiger charge is 2.13. The van der Waals surface area contributed by atoms with Crippen molar-refractivity contribution in [3.8, 4) is 5.75 Å². The average molecular weight is 324 g/mol. The van der Waals surface area contributed by atoms with Gasteiger partial charge in [0, 0.05) is 10.9 Å². The molecule has 3 rings (SSSR count). The second-order valence-electron chi connectivity index (χ2n) is 5.43. The van der Waals surface area contributed by atoms with Crippen LogP contribution in [0.15, 0.2) is 53.1 Å². The Morgan fingerprint density at radius 1 is 1.08 bits per heavy atom. The molecule has 0 unspecified atom stereocenters. The number of esters is 2. The lowest BCUT2D eigenvalue weighted by molar-refractivity contribution is -0.133. The van der Waals surface area contributed by atoms with Crippen LogP contribution in [-0.4, -0.2) is 19.0 Å². The zero-order valence-corrected chi connectivity index (χ0v) is 13.4. The zero-order chi connectivity index (χ0) is 17.1. The van der Waals surface area contributed by atoms with Gasteiger partial charge in [0.15, 0.2) is 0 Å². The molecule has 122 valence electrons. The SMILES string of the molecule is COC(=O)c1ccc(OC(=O)Cc2coc3ccc(C)cc23)cc1. The van der Waals surface area contributed by atoms with Crippen LogP contribution in [0.1, 0.15) is 21.5 Å². The summed E-state index contributed by atoms with van der Waals surface area (Å²) in [6.45, 7) is 1.98. The van der Waals surface area contributed by atoms with Gasteiger partial charge in [-0.05, 0) is 43.3 Å². The molecule has 3 aromatic rings. The molecule has 0 spiro atoms. The van der Waals surface area contributed by atoms with E-state index in [0.717, 1.165) is 22.1 Å².